The molecule has 0 bridgehead atoms. The van der Waals surface area contributed by atoms with Gasteiger partial charge in [-0.2, -0.15) is 0 Å². The summed E-state index contributed by atoms with van der Waals surface area (Å²) in [4.78, 5) is 30.5. The predicted octanol–water partition coefficient (Wildman–Crippen LogP) is 0.903. The molecule has 0 spiro atoms. The number of carbonyl (C=O) groups excluding carboxylic acids is 2. The molecule has 0 fully saturated rings. The predicted molar refractivity (Wildman–Crippen MR) is 87.4 cm³/mol. The van der Waals surface area contributed by atoms with Crippen LogP contribution in [-0.4, -0.2) is 47.0 Å². The number of aromatic nitrogens is 2. The quantitative estimate of drug-likeness (QED) is 0.893. The zero-order valence-electron chi connectivity index (χ0n) is 14.0. The van der Waals surface area contributed by atoms with E-state index in [9.17, 15) is 14.0 Å². The van der Waals surface area contributed by atoms with Crippen LogP contribution < -0.4 is 10.1 Å². The number of methoxy groups -OCH3 is 1. The first-order chi connectivity index (χ1) is 12.0. The zero-order chi connectivity index (χ0) is 18.0. The molecular formula is C17H19FN4O3. The van der Waals surface area contributed by atoms with Crippen molar-refractivity contribution in [2.24, 2.45) is 0 Å². The van der Waals surface area contributed by atoms with E-state index in [1.165, 1.54) is 25.3 Å². The number of hydrogen-bond acceptors (Lipinski definition) is 4. The summed E-state index contributed by atoms with van der Waals surface area (Å²) in [6, 6.07) is 3.57. The van der Waals surface area contributed by atoms with Gasteiger partial charge in [-0.25, -0.2) is 9.37 Å². The van der Waals surface area contributed by atoms with Gasteiger partial charge in [-0.15, -0.1) is 0 Å². The van der Waals surface area contributed by atoms with Crippen LogP contribution in [0.1, 0.15) is 17.3 Å². The monoisotopic (exact) mass is 346 g/mol. The first kappa shape index (κ1) is 16.9. The molecular weight excluding hydrogens is 327 g/mol. The number of amides is 2. The number of rotatable bonds is 4. The largest absolute Gasteiger partial charge is 0.496 e. The van der Waals surface area contributed by atoms with Crippen molar-refractivity contribution in [2.45, 2.75) is 19.0 Å². The van der Waals surface area contributed by atoms with Crippen LogP contribution in [0.4, 0.5) is 4.39 Å². The molecule has 1 aliphatic rings. The Morgan fingerprint density at radius 2 is 2.24 bits per heavy atom. The SMILES string of the molecule is CNC(=O)[C@@H]1CN(C(=O)Cc2ccc(F)cc2OC)Cc2cncn21. The van der Waals surface area contributed by atoms with E-state index in [2.05, 4.69) is 10.3 Å². The number of imidazole rings is 1. The molecule has 3 rings (SSSR count). The Morgan fingerprint density at radius 1 is 1.44 bits per heavy atom. The molecule has 132 valence electrons. The van der Waals surface area contributed by atoms with E-state index in [4.69, 9.17) is 4.74 Å². The molecule has 1 aliphatic heterocycles. The third-order valence-electron chi connectivity index (χ3n) is 4.32. The number of ether oxygens (including phenoxy) is 1. The maximum atomic E-state index is 13.3. The van der Waals surface area contributed by atoms with Crippen molar-refractivity contribution in [3.63, 3.8) is 0 Å². The van der Waals surface area contributed by atoms with Gasteiger partial charge in [-0.3, -0.25) is 9.59 Å². The average Bonchev–Trinajstić information content (AvgIpc) is 3.10. The lowest BCUT2D eigenvalue weighted by Gasteiger charge is -2.33. The van der Waals surface area contributed by atoms with Gasteiger partial charge in [0.1, 0.15) is 17.6 Å². The van der Waals surface area contributed by atoms with E-state index in [1.807, 2.05) is 0 Å². The summed E-state index contributed by atoms with van der Waals surface area (Å²) in [6.45, 7) is 0.626. The lowest BCUT2D eigenvalue weighted by Crippen LogP contribution is -2.46. The van der Waals surface area contributed by atoms with E-state index in [-0.39, 0.29) is 24.8 Å². The van der Waals surface area contributed by atoms with Crippen LogP contribution in [0.5, 0.6) is 5.75 Å². The standard InChI is InChI=1S/C17H19FN4O3/c1-19-17(24)14-9-21(8-13-7-20-10-22(13)14)16(23)5-11-3-4-12(18)6-15(11)25-2/h3-4,6-7,10,14H,5,8-9H2,1-2H3,(H,19,24)/t14-/m0/s1. The van der Waals surface area contributed by atoms with Crippen molar-refractivity contribution in [1.29, 1.82) is 0 Å². The number of nitrogens with zero attached hydrogens (tertiary/aromatic N) is 3. The van der Waals surface area contributed by atoms with Crippen LogP contribution in [0.2, 0.25) is 0 Å². The molecule has 1 aromatic heterocycles. The zero-order valence-corrected chi connectivity index (χ0v) is 14.0. The molecule has 0 unspecified atom stereocenters. The van der Waals surface area contributed by atoms with E-state index in [1.54, 1.807) is 29.0 Å². The Bertz CT molecular complexity index is 805. The van der Waals surface area contributed by atoms with Gasteiger partial charge < -0.3 is 19.5 Å². The van der Waals surface area contributed by atoms with Crippen LogP contribution in [0, 0.1) is 5.82 Å². The number of likely N-dealkylation sites (N-methyl/N-ethyl adjacent to an activating group) is 1. The summed E-state index contributed by atoms with van der Waals surface area (Å²) in [7, 11) is 2.99. The summed E-state index contributed by atoms with van der Waals surface area (Å²) >= 11 is 0. The van der Waals surface area contributed by atoms with E-state index >= 15 is 0 Å². The molecule has 0 saturated carbocycles. The molecule has 1 N–H and O–H groups in total. The van der Waals surface area contributed by atoms with Gasteiger partial charge in [-0.1, -0.05) is 6.07 Å². The Morgan fingerprint density at radius 3 is 2.96 bits per heavy atom. The smallest absolute Gasteiger partial charge is 0.244 e. The highest BCUT2D eigenvalue weighted by molar-refractivity contribution is 5.83. The van der Waals surface area contributed by atoms with Crippen molar-refractivity contribution in [2.75, 3.05) is 20.7 Å². The fraction of sp³-hybridized carbons (Fsp3) is 0.353. The number of benzene rings is 1. The highest BCUT2D eigenvalue weighted by Gasteiger charge is 2.32. The van der Waals surface area contributed by atoms with Gasteiger partial charge in [0.05, 0.1) is 38.6 Å². The number of hydrogen-bond donors (Lipinski definition) is 1. The molecule has 0 radical (unpaired) electrons. The second-order valence-electron chi connectivity index (χ2n) is 5.83. The molecule has 1 aromatic carbocycles. The van der Waals surface area contributed by atoms with Crippen molar-refractivity contribution in [3.8, 4) is 5.75 Å². The molecule has 1 atom stereocenters. The first-order valence-corrected chi connectivity index (χ1v) is 7.86. The van der Waals surface area contributed by atoms with Gasteiger partial charge in [0.25, 0.3) is 0 Å². The molecule has 25 heavy (non-hydrogen) atoms. The second kappa shape index (κ2) is 6.92. The minimum atomic E-state index is -0.518. The maximum Gasteiger partial charge on any atom is 0.244 e. The fourth-order valence-corrected chi connectivity index (χ4v) is 3.00. The fourth-order valence-electron chi connectivity index (χ4n) is 3.00. The van der Waals surface area contributed by atoms with Crippen LogP contribution in [-0.2, 0) is 22.6 Å². The van der Waals surface area contributed by atoms with Crippen LogP contribution in [0.3, 0.4) is 0 Å². The Labute approximate surface area is 144 Å². The summed E-state index contributed by atoms with van der Waals surface area (Å²) < 4.78 is 20.2. The molecule has 8 heteroatoms. The summed E-state index contributed by atoms with van der Waals surface area (Å²) in [6.07, 6.45) is 3.31. The van der Waals surface area contributed by atoms with Gasteiger partial charge in [0, 0.05) is 24.9 Å². The summed E-state index contributed by atoms with van der Waals surface area (Å²) in [5, 5.41) is 2.61. The number of halogens is 1. The van der Waals surface area contributed by atoms with Crippen LogP contribution in [0.15, 0.2) is 30.7 Å². The number of carbonyl (C=O) groups is 2. The van der Waals surface area contributed by atoms with Crippen molar-refractivity contribution in [1.82, 2.24) is 19.8 Å². The third kappa shape index (κ3) is 3.33. The lowest BCUT2D eigenvalue weighted by molar-refractivity contribution is -0.134. The Hall–Kier alpha value is -2.90. The maximum absolute atomic E-state index is 13.3. The molecule has 7 nitrogen and oxygen atoms in total. The van der Waals surface area contributed by atoms with E-state index in [0.29, 0.717) is 17.9 Å². The van der Waals surface area contributed by atoms with Gasteiger partial charge in [0.2, 0.25) is 11.8 Å². The minimum Gasteiger partial charge on any atom is -0.496 e. The van der Waals surface area contributed by atoms with Gasteiger partial charge in [-0.05, 0) is 6.07 Å². The van der Waals surface area contributed by atoms with Gasteiger partial charge >= 0.3 is 0 Å². The lowest BCUT2D eigenvalue weighted by atomic mass is 10.1. The normalized spacial score (nSPS) is 16.3. The Kier molecular flexibility index (Phi) is 4.69. The molecule has 2 amide bonds. The molecule has 2 heterocycles. The van der Waals surface area contributed by atoms with Crippen LogP contribution in [0.25, 0.3) is 0 Å². The third-order valence-corrected chi connectivity index (χ3v) is 4.32. The van der Waals surface area contributed by atoms with Gasteiger partial charge in [0.15, 0.2) is 0 Å². The highest BCUT2D eigenvalue weighted by atomic mass is 19.1. The molecule has 0 saturated heterocycles. The number of fused-ring (bicyclic) bond motifs is 1. The highest BCUT2D eigenvalue weighted by Crippen LogP contribution is 2.24. The van der Waals surface area contributed by atoms with E-state index < -0.39 is 11.9 Å². The molecule has 0 aliphatic carbocycles. The Balaban J connectivity index is 1.80. The van der Waals surface area contributed by atoms with E-state index in [0.717, 1.165) is 5.69 Å². The average molecular weight is 346 g/mol. The second-order valence-corrected chi connectivity index (χ2v) is 5.83. The molecule has 2 aromatic rings. The minimum absolute atomic E-state index is 0.0675. The van der Waals surface area contributed by atoms with Crippen molar-refractivity contribution < 1.29 is 18.7 Å². The first-order valence-electron chi connectivity index (χ1n) is 7.86. The topological polar surface area (TPSA) is 76.5 Å². The number of nitrogens with one attached hydrogen (secondary N) is 1. The van der Waals surface area contributed by atoms with Crippen molar-refractivity contribution in [3.05, 3.63) is 47.8 Å². The summed E-state index contributed by atoms with van der Waals surface area (Å²) in [5.41, 5.74) is 1.39. The van der Waals surface area contributed by atoms with Crippen molar-refractivity contribution >= 4 is 11.8 Å². The van der Waals surface area contributed by atoms with Crippen LogP contribution >= 0.6 is 0 Å². The summed E-state index contributed by atoms with van der Waals surface area (Å²) in [5.74, 6) is -0.435.